The molecule has 1 aliphatic heterocycles. The quantitative estimate of drug-likeness (QED) is 0.582. The first-order chi connectivity index (χ1) is 15.7. The highest BCUT2D eigenvalue weighted by molar-refractivity contribution is 7.12. The van der Waals surface area contributed by atoms with Crippen molar-refractivity contribution in [3.63, 3.8) is 0 Å². The van der Waals surface area contributed by atoms with Crippen LogP contribution in [0, 0.1) is 17.5 Å². The minimum atomic E-state index is -1.06. The molecule has 1 amide bonds. The van der Waals surface area contributed by atoms with Gasteiger partial charge in [0.25, 0.3) is 5.91 Å². The number of ketones is 1. The molecule has 1 aromatic heterocycles. The summed E-state index contributed by atoms with van der Waals surface area (Å²) in [7, 11) is 1.53. The number of Topliss-reactive ketones (excluding diaryl/α,β-unsaturated/α-hetero) is 1. The molecule has 0 fully saturated rings. The number of halogens is 3. The van der Waals surface area contributed by atoms with Gasteiger partial charge in [-0.05, 0) is 12.8 Å². The van der Waals surface area contributed by atoms with Crippen LogP contribution in [0.25, 0.3) is 5.57 Å². The molecule has 33 heavy (non-hydrogen) atoms. The van der Waals surface area contributed by atoms with Crippen LogP contribution in [0.15, 0.2) is 29.7 Å². The molecule has 0 radical (unpaired) electrons. The van der Waals surface area contributed by atoms with Crippen molar-refractivity contribution in [2.24, 2.45) is 0 Å². The van der Waals surface area contributed by atoms with Crippen LogP contribution in [-0.2, 0) is 16.0 Å². The van der Waals surface area contributed by atoms with E-state index in [2.05, 4.69) is 21.0 Å². The summed E-state index contributed by atoms with van der Waals surface area (Å²) in [5.74, 6) is -5.20. The molecule has 0 unspecified atom stereocenters. The second-order valence-corrected chi connectivity index (χ2v) is 8.39. The maximum absolute atomic E-state index is 14.0. The van der Waals surface area contributed by atoms with Crippen LogP contribution in [0.4, 0.5) is 13.2 Å². The van der Waals surface area contributed by atoms with Crippen LogP contribution in [0.5, 0.6) is 0 Å². The molecule has 0 bridgehead atoms. The fourth-order valence-electron chi connectivity index (χ4n) is 3.08. The van der Waals surface area contributed by atoms with E-state index in [1.807, 2.05) is 6.92 Å². The Morgan fingerprint density at radius 3 is 2.55 bits per heavy atom. The normalized spacial score (nSPS) is 19.3. The van der Waals surface area contributed by atoms with Crippen LogP contribution < -0.4 is 10.9 Å². The topological polar surface area (TPSA) is 107 Å². The summed E-state index contributed by atoms with van der Waals surface area (Å²) in [6, 6.07) is 1.13. The van der Waals surface area contributed by atoms with Crippen molar-refractivity contribution in [3.05, 3.63) is 62.7 Å². The standard InChI is InChI=1S/C21H22F3N5O3S/c1-3-4-5-12-18(30)19(31)14(9-25-26-10-29(2)21(12)32)20-28-27-17(33-20)8-13-15(23)6-11(22)7-16(13)24/h6-7,9,25-26,30H,3-5,8,10H2,1-2H3/b14-9+,18-12-. The van der Waals surface area contributed by atoms with Gasteiger partial charge in [-0.1, -0.05) is 24.7 Å². The van der Waals surface area contributed by atoms with Crippen molar-refractivity contribution in [1.82, 2.24) is 25.9 Å². The largest absolute Gasteiger partial charge is 0.504 e. The predicted molar refractivity (Wildman–Crippen MR) is 115 cm³/mol. The zero-order chi connectivity index (χ0) is 24.1. The Balaban J connectivity index is 1.95. The number of aromatic nitrogens is 2. The first-order valence-corrected chi connectivity index (χ1v) is 10.9. The molecule has 0 spiro atoms. The Morgan fingerprint density at radius 1 is 1.18 bits per heavy atom. The third-order valence-electron chi connectivity index (χ3n) is 4.90. The minimum absolute atomic E-state index is 0.0147. The van der Waals surface area contributed by atoms with Crippen LogP contribution in [0.3, 0.4) is 0 Å². The molecular weight excluding hydrogens is 459 g/mol. The van der Waals surface area contributed by atoms with Crippen LogP contribution >= 0.6 is 11.3 Å². The first-order valence-electron chi connectivity index (χ1n) is 10.1. The average molecular weight is 482 g/mol. The number of unbranched alkanes of at least 4 members (excludes halogenated alkanes) is 1. The predicted octanol–water partition coefficient (Wildman–Crippen LogP) is 2.98. The monoisotopic (exact) mass is 481 g/mol. The molecule has 12 heteroatoms. The number of carbonyl (C=O) groups excluding carboxylic acids is 2. The average Bonchev–Trinajstić information content (AvgIpc) is 3.23. The van der Waals surface area contributed by atoms with E-state index in [-0.39, 0.29) is 46.2 Å². The summed E-state index contributed by atoms with van der Waals surface area (Å²) in [4.78, 5) is 27.1. The molecule has 2 aromatic rings. The second-order valence-electron chi connectivity index (χ2n) is 7.33. The minimum Gasteiger partial charge on any atom is -0.504 e. The molecule has 0 atom stereocenters. The van der Waals surface area contributed by atoms with E-state index in [1.54, 1.807) is 0 Å². The van der Waals surface area contributed by atoms with Crippen molar-refractivity contribution in [2.45, 2.75) is 32.6 Å². The van der Waals surface area contributed by atoms with Crippen molar-refractivity contribution in [1.29, 1.82) is 0 Å². The highest BCUT2D eigenvalue weighted by atomic mass is 32.1. The van der Waals surface area contributed by atoms with Gasteiger partial charge in [-0.3, -0.25) is 9.59 Å². The van der Waals surface area contributed by atoms with E-state index in [0.717, 1.165) is 17.8 Å². The lowest BCUT2D eigenvalue weighted by atomic mass is 10.0. The Labute approximate surface area is 191 Å². The maximum atomic E-state index is 14.0. The lowest BCUT2D eigenvalue weighted by Gasteiger charge is -2.21. The van der Waals surface area contributed by atoms with E-state index in [9.17, 15) is 27.9 Å². The fourth-order valence-corrected chi connectivity index (χ4v) is 3.95. The van der Waals surface area contributed by atoms with Crippen LogP contribution in [0.1, 0.15) is 41.8 Å². The Hall–Kier alpha value is -3.25. The van der Waals surface area contributed by atoms with Gasteiger partial charge in [-0.25, -0.2) is 18.6 Å². The zero-order valence-corrected chi connectivity index (χ0v) is 18.7. The van der Waals surface area contributed by atoms with E-state index < -0.39 is 34.9 Å². The highest BCUT2D eigenvalue weighted by Crippen LogP contribution is 2.27. The van der Waals surface area contributed by atoms with E-state index in [4.69, 9.17) is 0 Å². The Morgan fingerprint density at radius 2 is 1.88 bits per heavy atom. The molecule has 0 aliphatic carbocycles. The van der Waals surface area contributed by atoms with Gasteiger partial charge >= 0.3 is 0 Å². The lowest BCUT2D eigenvalue weighted by molar-refractivity contribution is -0.127. The smallest absolute Gasteiger partial charge is 0.254 e. The number of carbonyl (C=O) groups is 2. The molecule has 3 rings (SSSR count). The van der Waals surface area contributed by atoms with Crippen LogP contribution in [0.2, 0.25) is 0 Å². The molecule has 0 saturated carbocycles. The molecule has 0 saturated heterocycles. The number of hydrogen-bond acceptors (Lipinski definition) is 8. The third-order valence-corrected chi connectivity index (χ3v) is 5.85. The number of likely N-dealkylation sites (N-methyl/N-ethyl adjacent to an activating group) is 1. The summed E-state index contributed by atoms with van der Waals surface area (Å²) < 4.78 is 41.1. The number of aliphatic hydroxyl groups excluding tert-OH is 1. The van der Waals surface area contributed by atoms with Crippen molar-refractivity contribution < 1.29 is 27.9 Å². The van der Waals surface area contributed by atoms with Gasteiger partial charge in [0.05, 0.1) is 17.8 Å². The summed E-state index contributed by atoms with van der Waals surface area (Å²) in [5.41, 5.74) is 4.93. The number of nitrogens with zero attached hydrogens (tertiary/aromatic N) is 3. The second kappa shape index (κ2) is 10.6. The lowest BCUT2D eigenvalue weighted by Crippen LogP contribution is -2.42. The molecule has 176 valence electrons. The summed E-state index contributed by atoms with van der Waals surface area (Å²) in [6.07, 6.45) is 2.51. The Bertz CT molecular complexity index is 1110. The number of nitrogens with one attached hydrogen (secondary N) is 2. The third kappa shape index (κ3) is 5.57. The summed E-state index contributed by atoms with van der Waals surface area (Å²) in [5, 5.41) is 18.7. The molecule has 3 N–H and O–H groups in total. The van der Waals surface area contributed by atoms with Gasteiger partial charge in [0.1, 0.15) is 22.5 Å². The number of hydrazine groups is 1. The summed E-state index contributed by atoms with van der Waals surface area (Å²) >= 11 is 0.875. The van der Waals surface area contributed by atoms with Crippen molar-refractivity contribution in [2.75, 3.05) is 13.7 Å². The molecular formula is C21H22F3N5O3S. The molecule has 8 nitrogen and oxygen atoms in total. The molecule has 1 aromatic carbocycles. The van der Waals surface area contributed by atoms with Gasteiger partial charge in [-0.2, -0.15) is 0 Å². The van der Waals surface area contributed by atoms with Gasteiger partial charge in [-0.15, -0.1) is 10.2 Å². The number of hydrogen-bond donors (Lipinski definition) is 3. The first kappa shape index (κ1) is 24.4. The van der Waals surface area contributed by atoms with Crippen LogP contribution in [-0.4, -0.2) is 45.6 Å². The maximum Gasteiger partial charge on any atom is 0.254 e. The van der Waals surface area contributed by atoms with Crippen molar-refractivity contribution in [3.8, 4) is 0 Å². The molecule has 2 heterocycles. The Kier molecular flexibility index (Phi) is 7.82. The van der Waals surface area contributed by atoms with Gasteiger partial charge < -0.3 is 15.4 Å². The number of amides is 1. The van der Waals surface area contributed by atoms with E-state index in [0.29, 0.717) is 18.6 Å². The van der Waals surface area contributed by atoms with Crippen molar-refractivity contribution >= 4 is 28.6 Å². The van der Waals surface area contributed by atoms with Gasteiger partial charge in [0, 0.05) is 37.4 Å². The van der Waals surface area contributed by atoms with Gasteiger partial charge in [0.2, 0.25) is 5.78 Å². The number of benzene rings is 1. The summed E-state index contributed by atoms with van der Waals surface area (Å²) in [6.45, 7) is 2.00. The van der Waals surface area contributed by atoms with E-state index in [1.165, 1.54) is 18.1 Å². The van der Waals surface area contributed by atoms with Gasteiger partial charge in [0.15, 0.2) is 10.8 Å². The highest BCUT2D eigenvalue weighted by Gasteiger charge is 2.28. The van der Waals surface area contributed by atoms with E-state index >= 15 is 0 Å². The number of rotatable bonds is 6. The number of aliphatic hydroxyl groups is 1. The zero-order valence-electron chi connectivity index (χ0n) is 17.9. The fraction of sp³-hybridized carbons (Fsp3) is 0.333. The number of allylic oxidation sites excluding steroid dienone is 1. The SMILES string of the molecule is CCCC/C1=C(/O)C(=O)/C(c2nnc(Cc3c(F)cc(F)cc3F)s2)=C\NNCN(C)C1=O. The molecule has 1 aliphatic rings.